The molecular formula is C9H17N3O3. The largest absolute Gasteiger partial charge is 0.394 e. The maximum Gasteiger partial charge on any atom is 0.239 e. The van der Waals surface area contributed by atoms with Gasteiger partial charge >= 0.3 is 0 Å². The first-order valence-corrected chi connectivity index (χ1v) is 4.87. The summed E-state index contributed by atoms with van der Waals surface area (Å²) in [7, 11) is 0. The highest BCUT2D eigenvalue weighted by Crippen LogP contribution is 2.01. The minimum absolute atomic E-state index is 0.111. The van der Waals surface area contributed by atoms with Gasteiger partial charge in [0.2, 0.25) is 11.8 Å². The zero-order valence-corrected chi connectivity index (χ0v) is 8.96. The number of carbonyl (C=O) groups excluding carboxylic acids is 2. The quantitative estimate of drug-likeness (QED) is 0.436. The molecule has 1 atom stereocenters. The molecule has 2 amide bonds. The van der Waals surface area contributed by atoms with Crippen molar-refractivity contribution in [3.63, 3.8) is 0 Å². The Kier molecular flexibility index (Phi) is 3.65. The van der Waals surface area contributed by atoms with Gasteiger partial charge in [0.15, 0.2) is 0 Å². The molecule has 1 saturated heterocycles. The van der Waals surface area contributed by atoms with Crippen LogP contribution in [0.2, 0.25) is 0 Å². The van der Waals surface area contributed by atoms with E-state index in [0.717, 1.165) is 0 Å². The van der Waals surface area contributed by atoms with Crippen LogP contribution >= 0.6 is 0 Å². The van der Waals surface area contributed by atoms with Gasteiger partial charge in [-0.3, -0.25) is 14.9 Å². The molecule has 6 heteroatoms. The number of rotatable bonds is 3. The summed E-state index contributed by atoms with van der Waals surface area (Å²) < 4.78 is 0. The molecule has 0 bridgehead atoms. The Morgan fingerprint density at radius 3 is 2.80 bits per heavy atom. The van der Waals surface area contributed by atoms with E-state index in [9.17, 15) is 9.59 Å². The average molecular weight is 215 g/mol. The van der Waals surface area contributed by atoms with Crippen LogP contribution in [0, 0.1) is 0 Å². The molecule has 6 nitrogen and oxygen atoms in total. The second-order valence-electron chi connectivity index (χ2n) is 4.27. The van der Waals surface area contributed by atoms with Gasteiger partial charge in [0.05, 0.1) is 18.7 Å². The number of aliphatic hydroxyl groups excluding tert-OH is 1. The summed E-state index contributed by atoms with van der Waals surface area (Å²) in [5.41, 5.74) is -0.639. The van der Waals surface area contributed by atoms with E-state index in [4.69, 9.17) is 5.11 Å². The number of carbonyl (C=O) groups is 2. The molecule has 0 spiro atoms. The second-order valence-corrected chi connectivity index (χ2v) is 4.27. The van der Waals surface area contributed by atoms with E-state index in [1.54, 1.807) is 13.8 Å². The molecule has 1 unspecified atom stereocenters. The Balaban J connectivity index is 2.44. The maximum atomic E-state index is 11.6. The van der Waals surface area contributed by atoms with Crippen molar-refractivity contribution in [2.24, 2.45) is 0 Å². The summed E-state index contributed by atoms with van der Waals surface area (Å²) in [4.78, 5) is 22.5. The van der Waals surface area contributed by atoms with Crippen molar-refractivity contribution in [1.29, 1.82) is 0 Å². The fourth-order valence-corrected chi connectivity index (χ4v) is 1.21. The third-order valence-corrected chi connectivity index (χ3v) is 2.19. The van der Waals surface area contributed by atoms with Gasteiger partial charge in [-0.25, -0.2) is 0 Å². The highest BCUT2D eigenvalue weighted by Gasteiger charge is 2.27. The predicted octanol–water partition coefficient (Wildman–Crippen LogP) is -2.04. The fourth-order valence-electron chi connectivity index (χ4n) is 1.21. The zero-order valence-electron chi connectivity index (χ0n) is 8.96. The molecule has 0 aromatic heterocycles. The highest BCUT2D eigenvalue weighted by atomic mass is 16.3. The molecule has 1 rings (SSSR count). The SMILES string of the molecule is CC(C)(CO)NC(=O)C1CNC(=O)CN1. The predicted molar refractivity (Wildman–Crippen MR) is 54.1 cm³/mol. The molecule has 0 aromatic rings. The Bertz CT molecular complexity index is 255. The fraction of sp³-hybridized carbons (Fsp3) is 0.778. The van der Waals surface area contributed by atoms with Crippen LogP contribution in [0.15, 0.2) is 0 Å². The van der Waals surface area contributed by atoms with E-state index in [1.807, 2.05) is 0 Å². The number of piperazine rings is 1. The van der Waals surface area contributed by atoms with Gasteiger partial charge in [0.1, 0.15) is 6.04 Å². The second kappa shape index (κ2) is 4.59. The third-order valence-electron chi connectivity index (χ3n) is 2.19. The summed E-state index contributed by atoms with van der Waals surface area (Å²) in [6, 6.07) is -0.423. The van der Waals surface area contributed by atoms with Crippen molar-refractivity contribution in [1.82, 2.24) is 16.0 Å². The molecule has 0 aliphatic carbocycles. The number of aliphatic hydroxyl groups is 1. The van der Waals surface area contributed by atoms with E-state index < -0.39 is 11.6 Å². The molecule has 15 heavy (non-hydrogen) atoms. The first kappa shape index (κ1) is 11.9. The molecule has 0 saturated carbocycles. The number of nitrogens with one attached hydrogen (secondary N) is 3. The normalized spacial score (nSPS) is 22.1. The first-order chi connectivity index (χ1) is 6.94. The smallest absolute Gasteiger partial charge is 0.239 e. The molecule has 1 aliphatic rings. The standard InChI is InChI=1S/C9H17N3O3/c1-9(2,5-13)12-8(15)6-3-11-7(14)4-10-6/h6,10,13H,3-5H2,1-2H3,(H,11,14)(H,12,15). The maximum absolute atomic E-state index is 11.6. The Hall–Kier alpha value is -1.14. The highest BCUT2D eigenvalue weighted by molar-refractivity contribution is 5.87. The molecule has 4 N–H and O–H groups in total. The van der Waals surface area contributed by atoms with Crippen molar-refractivity contribution in [2.75, 3.05) is 19.7 Å². The van der Waals surface area contributed by atoms with Crippen molar-refractivity contribution in [3.8, 4) is 0 Å². The summed E-state index contributed by atoms with van der Waals surface area (Å²) in [6.45, 7) is 3.76. The van der Waals surface area contributed by atoms with Crippen LogP contribution in [-0.4, -0.2) is 48.2 Å². The van der Waals surface area contributed by atoms with E-state index >= 15 is 0 Å². The number of amides is 2. The van der Waals surface area contributed by atoms with Crippen LogP contribution in [0.1, 0.15) is 13.8 Å². The monoisotopic (exact) mass is 215 g/mol. The minimum atomic E-state index is -0.639. The topological polar surface area (TPSA) is 90.5 Å². The molecule has 1 fully saturated rings. The van der Waals surface area contributed by atoms with Crippen molar-refractivity contribution >= 4 is 11.8 Å². The Morgan fingerprint density at radius 2 is 2.33 bits per heavy atom. The lowest BCUT2D eigenvalue weighted by Gasteiger charge is -2.29. The lowest BCUT2D eigenvalue weighted by Crippen LogP contribution is -2.61. The summed E-state index contributed by atoms with van der Waals surface area (Å²) >= 11 is 0. The molecular weight excluding hydrogens is 198 g/mol. The van der Waals surface area contributed by atoms with E-state index in [1.165, 1.54) is 0 Å². The first-order valence-electron chi connectivity index (χ1n) is 4.87. The van der Waals surface area contributed by atoms with Crippen LogP contribution in [0.25, 0.3) is 0 Å². The Morgan fingerprint density at radius 1 is 1.67 bits per heavy atom. The van der Waals surface area contributed by atoms with Crippen molar-refractivity contribution in [2.45, 2.75) is 25.4 Å². The third kappa shape index (κ3) is 3.49. The van der Waals surface area contributed by atoms with E-state index in [0.29, 0.717) is 0 Å². The van der Waals surface area contributed by atoms with Crippen molar-refractivity contribution < 1.29 is 14.7 Å². The summed E-state index contributed by atoms with van der Waals surface area (Å²) in [5, 5.41) is 17.1. The minimum Gasteiger partial charge on any atom is -0.394 e. The molecule has 1 aliphatic heterocycles. The summed E-state index contributed by atoms with van der Waals surface area (Å²) in [6.07, 6.45) is 0. The Labute approximate surface area is 88.4 Å². The molecule has 0 aromatic carbocycles. The van der Waals surface area contributed by atoms with Gasteiger partial charge < -0.3 is 15.7 Å². The van der Waals surface area contributed by atoms with Gasteiger partial charge in [0, 0.05) is 6.54 Å². The lowest BCUT2D eigenvalue weighted by molar-refractivity contribution is -0.128. The van der Waals surface area contributed by atoms with Crippen LogP contribution in [-0.2, 0) is 9.59 Å². The molecule has 0 radical (unpaired) electrons. The van der Waals surface area contributed by atoms with Crippen molar-refractivity contribution in [3.05, 3.63) is 0 Å². The van der Waals surface area contributed by atoms with Crippen LogP contribution < -0.4 is 16.0 Å². The van der Waals surface area contributed by atoms with Gasteiger partial charge in [-0.15, -0.1) is 0 Å². The van der Waals surface area contributed by atoms with Crippen LogP contribution in [0.4, 0.5) is 0 Å². The van der Waals surface area contributed by atoms with Gasteiger partial charge in [0.25, 0.3) is 0 Å². The average Bonchev–Trinajstić information content (AvgIpc) is 2.18. The van der Waals surface area contributed by atoms with Crippen LogP contribution in [0.5, 0.6) is 0 Å². The van der Waals surface area contributed by atoms with Gasteiger partial charge in [-0.1, -0.05) is 0 Å². The van der Waals surface area contributed by atoms with E-state index in [-0.39, 0.29) is 31.5 Å². The number of hydrogen-bond donors (Lipinski definition) is 4. The van der Waals surface area contributed by atoms with Gasteiger partial charge in [-0.2, -0.15) is 0 Å². The van der Waals surface area contributed by atoms with Crippen LogP contribution in [0.3, 0.4) is 0 Å². The van der Waals surface area contributed by atoms with Gasteiger partial charge in [-0.05, 0) is 13.8 Å². The van der Waals surface area contributed by atoms with E-state index in [2.05, 4.69) is 16.0 Å². The molecule has 1 heterocycles. The lowest BCUT2D eigenvalue weighted by atomic mass is 10.1. The zero-order chi connectivity index (χ0) is 11.5. The summed E-state index contributed by atoms with van der Waals surface area (Å²) in [5.74, 6) is -0.325. The molecule has 86 valence electrons. The number of hydrogen-bond acceptors (Lipinski definition) is 4.